The first kappa shape index (κ1) is 22.8. The van der Waals surface area contributed by atoms with Crippen LogP contribution in [0.25, 0.3) is 0 Å². The van der Waals surface area contributed by atoms with Crippen molar-refractivity contribution < 1.29 is 4.79 Å². The predicted octanol–water partition coefficient (Wildman–Crippen LogP) is 7.32. The average Bonchev–Trinajstić information content (AvgIpc) is 2.94. The van der Waals surface area contributed by atoms with E-state index in [9.17, 15) is 4.79 Å². The van der Waals surface area contributed by atoms with E-state index in [1.165, 1.54) is 0 Å². The van der Waals surface area contributed by atoms with Gasteiger partial charge in [0.25, 0.3) is 0 Å². The lowest BCUT2D eigenvalue weighted by Crippen LogP contribution is -2.45. The zero-order valence-corrected chi connectivity index (χ0v) is 21.5. The number of rotatable bonds is 2. The molecule has 0 fully saturated rings. The monoisotopic (exact) mass is 531 g/mol. The van der Waals surface area contributed by atoms with Crippen LogP contribution in [-0.4, -0.2) is 10.9 Å². The third-order valence-electron chi connectivity index (χ3n) is 6.35. The molecule has 0 saturated heterocycles. The number of anilines is 3. The Morgan fingerprint density at radius 1 is 1.03 bits per heavy atom. The average molecular weight is 533 g/mol. The third-order valence-corrected chi connectivity index (χ3v) is 7.18. The van der Waals surface area contributed by atoms with Crippen molar-refractivity contribution in [3.63, 3.8) is 0 Å². The van der Waals surface area contributed by atoms with Gasteiger partial charge in [0.2, 0.25) is 0 Å². The number of carbonyl (C=O) groups excluding carboxylic acids is 1. The molecule has 0 radical (unpaired) electrons. The van der Waals surface area contributed by atoms with Crippen LogP contribution in [0.5, 0.6) is 0 Å². The smallest absolute Gasteiger partial charge is 0.178 e. The molecule has 0 spiro atoms. The van der Waals surface area contributed by atoms with Crippen molar-refractivity contribution in [1.29, 1.82) is 0 Å². The van der Waals surface area contributed by atoms with Crippen molar-refractivity contribution in [1.82, 2.24) is 0 Å². The first-order valence-electron chi connectivity index (χ1n) is 11.3. The Balaban J connectivity index is 1.71. The maximum atomic E-state index is 13.7. The number of nitrogens with one attached hydrogen (secondary N) is 2. The molecule has 2 atom stereocenters. The number of nitrogens with zero attached hydrogens (tertiary/aromatic N) is 1. The second-order valence-corrected chi connectivity index (χ2v) is 10.8. The largest absolute Gasteiger partial charge is 0.357 e. The van der Waals surface area contributed by atoms with E-state index in [1.807, 2.05) is 60.7 Å². The molecule has 1 heterocycles. The fraction of sp³-hybridized carbons (Fsp3) is 0.214. The standard InChI is InChI=1S/C28H26BrN3OS/c1-28(2)16-22-25(24(33)17-28)26(18-12-14-19(29)15-13-18)32(23-11-7-6-10-21(23)31-22)27(34)30-20-8-4-3-5-9-20/h3-16,25-26,31H,17H2,1-2H3,(H,30,34)/t25-,26+/m0/s1. The van der Waals surface area contributed by atoms with Crippen molar-refractivity contribution in [3.8, 4) is 0 Å². The predicted molar refractivity (Wildman–Crippen MR) is 147 cm³/mol. The molecule has 2 N–H and O–H groups in total. The Hall–Kier alpha value is -2.96. The number of halogens is 1. The van der Waals surface area contributed by atoms with Crippen LogP contribution in [0.2, 0.25) is 0 Å². The van der Waals surface area contributed by atoms with Gasteiger partial charge in [-0.3, -0.25) is 4.79 Å². The topological polar surface area (TPSA) is 44.4 Å². The molecule has 6 heteroatoms. The lowest BCUT2D eigenvalue weighted by molar-refractivity contribution is -0.124. The molecular formula is C28H26BrN3OS. The molecule has 1 aliphatic heterocycles. The van der Waals surface area contributed by atoms with Gasteiger partial charge in [-0.2, -0.15) is 0 Å². The van der Waals surface area contributed by atoms with Gasteiger partial charge in [-0.25, -0.2) is 0 Å². The zero-order valence-electron chi connectivity index (χ0n) is 19.1. The summed E-state index contributed by atoms with van der Waals surface area (Å²) in [5.41, 5.74) is 4.52. The van der Waals surface area contributed by atoms with Gasteiger partial charge < -0.3 is 15.5 Å². The minimum atomic E-state index is -0.378. The molecule has 0 bridgehead atoms. The highest BCUT2D eigenvalue weighted by atomic mass is 79.9. The second-order valence-electron chi connectivity index (χ2n) is 9.51. The number of ketones is 1. The van der Waals surface area contributed by atoms with Gasteiger partial charge in [-0.15, -0.1) is 0 Å². The summed E-state index contributed by atoms with van der Waals surface area (Å²) in [5.74, 6) is -0.166. The van der Waals surface area contributed by atoms with Crippen LogP contribution in [0.15, 0.2) is 95.1 Å². The van der Waals surface area contributed by atoms with Crippen LogP contribution in [0.4, 0.5) is 17.1 Å². The number of hydrogen-bond donors (Lipinski definition) is 2. The Morgan fingerprint density at radius 2 is 1.71 bits per heavy atom. The highest BCUT2D eigenvalue weighted by Crippen LogP contribution is 2.48. The Morgan fingerprint density at radius 3 is 2.44 bits per heavy atom. The number of Topliss-reactive ketones (excluding diaryl/α,β-unsaturated/α-hetero) is 1. The zero-order chi connectivity index (χ0) is 23.9. The molecule has 0 amide bonds. The minimum Gasteiger partial charge on any atom is -0.357 e. The fourth-order valence-electron chi connectivity index (χ4n) is 4.94. The van der Waals surface area contributed by atoms with E-state index < -0.39 is 0 Å². The van der Waals surface area contributed by atoms with Crippen molar-refractivity contribution in [2.45, 2.75) is 26.3 Å². The van der Waals surface area contributed by atoms with E-state index in [0.29, 0.717) is 11.5 Å². The van der Waals surface area contributed by atoms with Crippen molar-refractivity contribution in [2.24, 2.45) is 11.3 Å². The summed E-state index contributed by atoms with van der Waals surface area (Å²) in [7, 11) is 0. The SMILES string of the molecule is CC1(C)C=C2Nc3ccccc3N(C(=S)Nc3ccccc3)[C@H](c3ccc(Br)cc3)[C@@H]2C(=O)C1. The van der Waals surface area contributed by atoms with Crippen LogP contribution in [0, 0.1) is 11.3 Å². The summed E-state index contributed by atoms with van der Waals surface area (Å²) in [6, 6.07) is 25.9. The lowest BCUT2D eigenvalue weighted by atomic mass is 9.72. The number of hydrogen-bond acceptors (Lipinski definition) is 3. The van der Waals surface area contributed by atoms with E-state index in [4.69, 9.17) is 12.2 Å². The van der Waals surface area contributed by atoms with E-state index in [-0.39, 0.29) is 23.2 Å². The Bertz CT molecular complexity index is 1270. The Labute approximate surface area is 214 Å². The van der Waals surface area contributed by atoms with E-state index in [1.54, 1.807) is 0 Å². The molecule has 0 unspecified atom stereocenters. The summed E-state index contributed by atoms with van der Waals surface area (Å²) in [6.07, 6.45) is 2.71. The minimum absolute atomic E-state index is 0.211. The van der Waals surface area contributed by atoms with Crippen molar-refractivity contribution >= 4 is 56.1 Å². The highest BCUT2D eigenvalue weighted by molar-refractivity contribution is 9.10. The van der Waals surface area contributed by atoms with Crippen LogP contribution < -0.4 is 15.5 Å². The molecule has 5 rings (SSSR count). The second kappa shape index (κ2) is 9.01. The first-order valence-corrected chi connectivity index (χ1v) is 12.5. The molecule has 0 saturated carbocycles. The number of carbonyl (C=O) groups is 1. The fourth-order valence-corrected chi connectivity index (χ4v) is 5.53. The molecule has 2 aliphatic rings. The normalized spacial score (nSPS) is 20.9. The number of benzene rings is 3. The lowest BCUT2D eigenvalue weighted by Gasteiger charge is -2.40. The molecule has 0 aromatic heterocycles. The van der Waals surface area contributed by atoms with Gasteiger partial charge in [0.1, 0.15) is 5.78 Å². The van der Waals surface area contributed by atoms with Gasteiger partial charge in [-0.1, -0.05) is 78.3 Å². The molecule has 4 nitrogen and oxygen atoms in total. The van der Waals surface area contributed by atoms with E-state index >= 15 is 0 Å². The van der Waals surface area contributed by atoms with Crippen LogP contribution in [-0.2, 0) is 4.79 Å². The molecule has 3 aromatic carbocycles. The molecule has 34 heavy (non-hydrogen) atoms. The van der Waals surface area contributed by atoms with Gasteiger partial charge in [0.15, 0.2) is 5.11 Å². The number of allylic oxidation sites excluding steroid dienone is 1. The summed E-state index contributed by atoms with van der Waals surface area (Å²) in [4.78, 5) is 15.9. The highest BCUT2D eigenvalue weighted by Gasteiger charge is 2.45. The Kier molecular flexibility index (Phi) is 6.04. The summed E-state index contributed by atoms with van der Waals surface area (Å²) < 4.78 is 0.992. The van der Waals surface area contributed by atoms with Gasteiger partial charge >= 0.3 is 0 Å². The van der Waals surface area contributed by atoms with Crippen LogP contribution in [0.1, 0.15) is 31.9 Å². The van der Waals surface area contributed by atoms with Gasteiger partial charge in [0, 0.05) is 22.3 Å². The number of fused-ring (bicyclic) bond motifs is 2. The molecule has 3 aromatic rings. The maximum Gasteiger partial charge on any atom is 0.178 e. The molecular weight excluding hydrogens is 506 g/mol. The third kappa shape index (κ3) is 4.40. The quantitative estimate of drug-likeness (QED) is 0.339. The molecule has 172 valence electrons. The van der Waals surface area contributed by atoms with Gasteiger partial charge in [0.05, 0.1) is 23.3 Å². The van der Waals surface area contributed by atoms with E-state index in [0.717, 1.165) is 32.8 Å². The van der Waals surface area contributed by atoms with E-state index in [2.05, 4.69) is 69.6 Å². The van der Waals surface area contributed by atoms with Gasteiger partial charge in [-0.05, 0) is 59.6 Å². The number of thiocarbonyl (C=S) groups is 1. The molecule has 1 aliphatic carbocycles. The van der Waals surface area contributed by atoms with Crippen molar-refractivity contribution in [2.75, 3.05) is 15.5 Å². The van der Waals surface area contributed by atoms with Crippen LogP contribution >= 0.6 is 28.1 Å². The van der Waals surface area contributed by atoms with Crippen molar-refractivity contribution in [3.05, 3.63) is 101 Å². The summed E-state index contributed by atoms with van der Waals surface area (Å²) in [6.45, 7) is 4.22. The van der Waals surface area contributed by atoms with Crippen LogP contribution in [0.3, 0.4) is 0 Å². The first-order chi connectivity index (χ1) is 16.3. The summed E-state index contributed by atoms with van der Waals surface area (Å²) in [5, 5.41) is 7.57. The summed E-state index contributed by atoms with van der Waals surface area (Å²) >= 11 is 9.57. The maximum absolute atomic E-state index is 13.7. The number of para-hydroxylation sites is 3.